The van der Waals surface area contributed by atoms with Crippen LogP contribution in [0, 0.1) is 0 Å². The van der Waals surface area contributed by atoms with Crippen LogP contribution >= 0.6 is 11.6 Å². The van der Waals surface area contributed by atoms with Crippen LogP contribution in [-0.4, -0.2) is 43.5 Å². The van der Waals surface area contributed by atoms with Crippen LogP contribution in [0.5, 0.6) is 0 Å². The second kappa shape index (κ2) is 9.11. The highest BCUT2D eigenvalue weighted by molar-refractivity contribution is 6.30. The first-order chi connectivity index (χ1) is 12.5. The molecule has 0 saturated carbocycles. The van der Waals surface area contributed by atoms with Gasteiger partial charge >= 0.3 is 5.97 Å². The molecule has 1 amide bonds. The summed E-state index contributed by atoms with van der Waals surface area (Å²) in [5.74, 6) is -1.10. The van der Waals surface area contributed by atoms with Crippen molar-refractivity contribution in [2.24, 2.45) is 0 Å². The largest absolute Gasteiger partial charge is 0.481 e. The van der Waals surface area contributed by atoms with Gasteiger partial charge in [0.15, 0.2) is 5.65 Å². The molecular formula is C18H19ClN4O4. The lowest BCUT2D eigenvalue weighted by atomic mass is 10.1. The summed E-state index contributed by atoms with van der Waals surface area (Å²) in [6.07, 6.45) is 3.66. The Balaban J connectivity index is 0.00000261. The van der Waals surface area contributed by atoms with Crippen molar-refractivity contribution in [1.82, 2.24) is 19.9 Å². The van der Waals surface area contributed by atoms with Crippen molar-refractivity contribution in [2.75, 3.05) is 6.54 Å². The lowest BCUT2D eigenvalue weighted by Crippen LogP contribution is -2.28. The van der Waals surface area contributed by atoms with Gasteiger partial charge in [-0.3, -0.25) is 9.59 Å². The van der Waals surface area contributed by atoms with E-state index in [-0.39, 0.29) is 24.3 Å². The number of carboxylic acid groups (broad SMARTS) is 1. The molecule has 8 nitrogen and oxygen atoms in total. The van der Waals surface area contributed by atoms with Crippen molar-refractivity contribution in [3.05, 3.63) is 47.9 Å². The number of amides is 1. The Morgan fingerprint density at radius 1 is 1.22 bits per heavy atom. The number of carbonyl (C=O) groups is 2. The molecule has 0 unspecified atom stereocenters. The maximum absolute atomic E-state index is 12.0. The minimum absolute atomic E-state index is 0. The molecule has 0 atom stereocenters. The molecule has 1 aromatic carbocycles. The zero-order chi connectivity index (χ0) is 18.5. The van der Waals surface area contributed by atoms with Gasteiger partial charge in [-0.2, -0.15) is 0 Å². The molecule has 2 aromatic heterocycles. The molecule has 142 valence electrons. The van der Waals surface area contributed by atoms with E-state index in [0.717, 1.165) is 11.1 Å². The number of carbonyl (C=O) groups excluding carboxylic acids is 1. The summed E-state index contributed by atoms with van der Waals surface area (Å²) < 4.78 is 1.66. The van der Waals surface area contributed by atoms with Crippen molar-refractivity contribution in [3.8, 4) is 11.1 Å². The number of benzene rings is 1. The SMILES string of the molecule is O.O=C(O)CCCNC(=O)Cn1cnc2c(-c3cccc(Cl)c3)ccnc21. The Hall–Kier alpha value is -2.97. The van der Waals surface area contributed by atoms with Crippen molar-refractivity contribution < 1.29 is 20.2 Å². The number of hydrogen-bond acceptors (Lipinski definition) is 4. The number of halogens is 1. The first-order valence-electron chi connectivity index (χ1n) is 8.09. The second-order valence-corrected chi connectivity index (χ2v) is 6.20. The van der Waals surface area contributed by atoms with E-state index in [9.17, 15) is 9.59 Å². The van der Waals surface area contributed by atoms with E-state index in [1.54, 1.807) is 23.2 Å². The van der Waals surface area contributed by atoms with Gasteiger partial charge in [0.25, 0.3) is 0 Å². The molecule has 27 heavy (non-hydrogen) atoms. The quantitative estimate of drug-likeness (QED) is 0.595. The zero-order valence-electron chi connectivity index (χ0n) is 14.4. The zero-order valence-corrected chi connectivity index (χ0v) is 15.1. The molecule has 0 aliphatic heterocycles. The fourth-order valence-electron chi connectivity index (χ4n) is 2.65. The third-order valence-electron chi connectivity index (χ3n) is 3.84. The molecule has 3 rings (SSSR count). The van der Waals surface area contributed by atoms with Gasteiger partial charge in [-0.05, 0) is 30.2 Å². The van der Waals surface area contributed by atoms with Gasteiger partial charge in [-0.1, -0.05) is 23.7 Å². The Bertz CT molecular complexity index is 957. The van der Waals surface area contributed by atoms with Crippen LogP contribution in [0.3, 0.4) is 0 Å². The van der Waals surface area contributed by atoms with Crippen molar-refractivity contribution in [2.45, 2.75) is 19.4 Å². The number of rotatable bonds is 7. The first-order valence-corrected chi connectivity index (χ1v) is 8.46. The molecule has 9 heteroatoms. The van der Waals surface area contributed by atoms with Crippen molar-refractivity contribution in [1.29, 1.82) is 0 Å². The van der Waals surface area contributed by atoms with E-state index in [0.29, 0.717) is 29.2 Å². The fourth-order valence-corrected chi connectivity index (χ4v) is 2.84. The van der Waals surface area contributed by atoms with E-state index in [4.69, 9.17) is 16.7 Å². The summed E-state index contributed by atoms with van der Waals surface area (Å²) in [6, 6.07) is 9.32. The molecule has 4 N–H and O–H groups in total. The third-order valence-corrected chi connectivity index (χ3v) is 4.08. The van der Waals surface area contributed by atoms with Gasteiger partial charge in [0.1, 0.15) is 12.1 Å². The number of hydrogen-bond donors (Lipinski definition) is 2. The minimum atomic E-state index is -0.877. The average Bonchev–Trinajstić information content (AvgIpc) is 3.01. The van der Waals surface area contributed by atoms with Crippen LogP contribution in [0.4, 0.5) is 0 Å². The molecule has 0 saturated heterocycles. The molecule has 0 bridgehead atoms. The van der Waals surface area contributed by atoms with E-state index >= 15 is 0 Å². The van der Waals surface area contributed by atoms with E-state index in [1.807, 2.05) is 24.3 Å². The van der Waals surface area contributed by atoms with Crippen LogP contribution in [-0.2, 0) is 16.1 Å². The van der Waals surface area contributed by atoms with Crippen molar-refractivity contribution >= 4 is 34.6 Å². The topological polar surface area (TPSA) is 129 Å². The van der Waals surface area contributed by atoms with Gasteiger partial charge in [0.2, 0.25) is 5.91 Å². The van der Waals surface area contributed by atoms with E-state index in [2.05, 4.69) is 15.3 Å². The molecular weight excluding hydrogens is 372 g/mol. The summed E-state index contributed by atoms with van der Waals surface area (Å²) in [5.41, 5.74) is 3.10. The average molecular weight is 391 g/mol. The summed E-state index contributed by atoms with van der Waals surface area (Å²) >= 11 is 6.07. The molecule has 0 radical (unpaired) electrons. The Labute approximate surface area is 160 Å². The number of aliphatic carboxylic acids is 1. The first kappa shape index (κ1) is 20.3. The molecule has 0 spiro atoms. The maximum atomic E-state index is 12.0. The predicted octanol–water partition coefficient (Wildman–Crippen LogP) is 1.91. The number of nitrogens with one attached hydrogen (secondary N) is 1. The molecule has 0 aliphatic rings. The Morgan fingerprint density at radius 2 is 2.04 bits per heavy atom. The fraction of sp³-hybridized carbons (Fsp3) is 0.222. The van der Waals surface area contributed by atoms with Gasteiger partial charge in [0, 0.05) is 29.7 Å². The Morgan fingerprint density at radius 3 is 2.78 bits per heavy atom. The van der Waals surface area contributed by atoms with Crippen LogP contribution in [0.15, 0.2) is 42.9 Å². The van der Waals surface area contributed by atoms with Crippen LogP contribution in [0.1, 0.15) is 12.8 Å². The van der Waals surface area contributed by atoms with Crippen molar-refractivity contribution in [3.63, 3.8) is 0 Å². The van der Waals surface area contributed by atoms with Gasteiger partial charge in [-0.25, -0.2) is 9.97 Å². The highest BCUT2D eigenvalue weighted by atomic mass is 35.5. The van der Waals surface area contributed by atoms with Gasteiger partial charge in [-0.15, -0.1) is 0 Å². The lowest BCUT2D eigenvalue weighted by Gasteiger charge is -2.07. The third kappa shape index (κ3) is 5.02. The number of nitrogens with zero attached hydrogens (tertiary/aromatic N) is 3. The standard InChI is InChI=1S/C18H17ClN4O3.H2O/c19-13-4-1-3-12(9-13)14-6-8-21-18-17(14)22-11-23(18)10-15(24)20-7-2-5-16(25)26;/h1,3-4,6,8-9,11H,2,5,7,10H2,(H,20,24)(H,25,26);1H2. The highest BCUT2D eigenvalue weighted by Gasteiger charge is 2.12. The molecule has 0 aliphatic carbocycles. The number of aromatic nitrogens is 3. The predicted molar refractivity (Wildman–Crippen MR) is 101 cm³/mol. The normalized spacial score (nSPS) is 10.4. The van der Waals surface area contributed by atoms with E-state index < -0.39 is 5.97 Å². The van der Waals surface area contributed by atoms with Crippen LogP contribution in [0.25, 0.3) is 22.3 Å². The summed E-state index contributed by atoms with van der Waals surface area (Å²) in [4.78, 5) is 31.3. The smallest absolute Gasteiger partial charge is 0.303 e. The van der Waals surface area contributed by atoms with E-state index in [1.165, 1.54) is 0 Å². The second-order valence-electron chi connectivity index (χ2n) is 5.76. The number of pyridine rings is 1. The maximum Gasteiger partial charge on any atom is 0.303 e. The monoisotopic (exact) mass is 390 g/mol. The molecule has 2 heterocycles. The summed E-state index contributed by atoms with van der Waals surface area (Å²) in [6.45, 7) is 0.383. The number of fused-ring (bicyclic) bond motifs is 1. The van der Waals surface area contributed by atoms with Gasteiger partial charge in [0.05, 0.1) is 6.33 Å². The Kier molecular flexibility index (Phi) is 6.86. The summed E-state index contributed by atoms with van der Waals surface area (Å²) in [7, 11) is 0. The molecule has 3 aromatic rings. The molecule has 0 fully saturated rings. The lowest BCUT2D eigenvalue weighted by molar-refractivity contribution is -0.137. The highest BCUT2D eigenvalue weighted by Crippen LogP contribution is 2.28. The van der Waals surface area contributed by atoms with Gasteiger partial charge < -0.3 is 20.5 Å². The number of carboxylic acids is 1. The van der Waals surface area contributed by atoms with Crippen LogP contribution in [0.2, 0.25) is 5.02 Å². The van der Waals surface area contributed by atoms with Crippen LogP contribution < -0.4 is 5.32 Å². The minimum Gasteiger partial charge on any atom is -0.481 e. The summed E-state index contributed by atoms with van der Waals surface area (Å²) in [5, 5.41) is 11.9. The number of imidazole rings is 1.